The molecule has 12 heteroatoms. The maximum absolute atomic E-state index is 14.0. The summed E-state index contributed by atoms with van der Waals surface area (Å²) in [6.07, 6.45) is -1.69. The summed E-state index contributed by atoms with van der Waals surface area (Å²) in [5.74, 6) is 0.0711. The van der Waals surface area contributed by atoms with Crippen LogP contribution in [0.15, 0.2) is 48.9 Å². The Labute approximate surface area is 223 Å². The number of nitrogens with one attached hydrogen (secondary N) is 2. The molecule has 2 aromatic carbocycles. The molecule has 4 aromatic rings. The topological polar surface area (TPSA) is 99.3 Å². The zero-order valence-corrected chi connectivity index (χ0v) is 21.5. The molecule has 39 heavy (non-hydrogen) atoms. The molecule has 0 aliphatic carbocycles. The van der Waals surface area contributed by atoms with Crippen molar-refractivity contribution in [1.29, 1.82) is 0 Å². The van der Waals surface area contributed by atoms with Gasteiger partial charge in [0, 0.05) is 44.0 Å². The van der Waals surface area contributed by atoms with E-state index in [2.05, 4.69) is 37.3 Å². The third-order valence-electron chi connectivity index (χ3n) is 6.85. The van der Waals surface area contributed by atoms with E-state index in [0.29, 0.717) is 29.9 Å². The van der Waals surface area contributed by atoms with Crippen molar-refractivity contribution in [2.45, 2.75) is 26.6 Å². The molecule has 9 nitrogen and oxygen atoms in total. The van der Waals surface area contributed by atoms with Gasteiger partial charge in [-0.25, -0.2) is 9.97 Å². The monoisotopic (exact) mass is 539 g/mol. The number of carbonyl (C=O) groups is 1. The first-order chi connectivity index (χ1) is 18.7. The maximum Gasteiger partial charge on any atom is 0.416 e. The summed E-state index contributed by atoms with van der Waals surface area (Å²) in [6, 6.07) is 8.75. The minimum atomic E-state index is -4.55. The minimum Gasteiger partial charge on any atom is -0.438 e. The van der Waals surface area contributed by atoms with Gasteiger partial charge in [0.1, 0.15) is 17.5 Å². The van der Waals surface area contributed by atoms with Crippen LogP contribution < -0.4 is 10.1 Å². The van der Waals surface area contributed by atoms with Crippen molar-refractivity contribution in [2.24, 2.45) is 0 Å². The molecular weight excluding hydrogens is 511 g/mol. The number of nitrogens with zero attached hydrogens (tertiary/aromatic N) is 5. The van der Waals surface area contributed by atoms with Crippen LogP contribution in [0, 0.1) is 6.92 Å². The number of alkyl halides is 3. The molecule has 204 valence electrons. The standard InChI is InChI=1S/C27H28F3N7O2/c1-3-36-8-10-37(11-9-36)15-19-6-7-20(13-22(19)27(28,29)30)34-25(38)18-5-4-17(2)23(12-18)39-26-21-14-33-35-24(21)31-16-32-26/h4-7,12-14,16H,3,8-11,15H2,1-2H3,(H,34,38)(H,31,32,33,35). The Balaban J connectivity index is 1.33. The van der Waals surface area contributed by atoms with Crippen LogP contribution in [-0.4, -0.2) is 68.6 Å². The van der Waals surface area contributed by atoms with Gasteiger partial charge in [0.2, 0.25) is 5.88 Å². The van der Waals surface area contributed by atoms with Crippen LogP contribution in [0.1, 0.15) is 34.0 Å². The highest BCUT2D eigenvalue weighted by Crippen LogP contribution is 2.35. The number of aryl methyl sites for hydroxylation is 1. The number of hydrogen-bond donors (Lipinski definition) is 2. The smallest absolute Gasteiger partial charge is 0.416 e. The number of aromatic nitrogens is 4. The Morgan fingerprint density at radius 3 is 2.59 bits per heavy atom. The van der Waals surface area contributed by atoms with E-state index in [-0.39, 0.29) is 29.2 Å². The van der Waals surface area contributed by atoms with Crippen LogP contribution in [0.3, 0.4) is 0 Å². The van der Waals surface area contributed by atoms with Gasteiger partial charge < -0.3 is 15.0 Å². The van der Waals surface area contributed by atoms with Crippen molar-refractivity contribution in [1.82, 2.24) is 30.0 Å². The van der Waals surface area contributed by atoms with Gasteiger partial charge in [0.25, 0.3) is 5.91 Å². The molecule has 0 spiro atoms. The lowest BCUT2D eigenvalue weighted by Crippen LogP contribution is -2.45. The average Bonchev–Trinajstić information content (AvgIpc) is 3.40. The normalized spacial score (nSPS) is 15.0. The van der Waals surface area contributed by atoms with E-state index in [1.54, 1.807) is 19.1 Å². The summed E-state index contributed by atoms with van der Waals surface area (Å²) in [5.41, 5.74) is 0.959. The number of aromatic amines is 1. The third kappa shape index (κ3) is 6.02. The number of piperazine rings is 1. The summed E-state index contributed by atoms with van der Waals surface area (Å²) >= 11 is 0. The van der Waals surface area contributed by atoms with Crippen LogP contribution in [0.5, 0.6) is 11.6 Å². The van der Waals surface area contributed by atoms with Crippen molar-refractivity contribution in [2.75, 3.05) is 38.0 Å². The summed E-state index contributed by atoms with van der Waals surface area (Å²) in [4.78, 5) is 25.5. The van der Waals surface area contributed by atoms with E-state index in [1.165, 1.54) is 30.7 Å². The molecule has 0 bridgehead atoms. The van der Waals surface area contributed by atoms with Gasteiger partial charge in [0.05, 0.1) is 11.8 Å². The fourth-order valence-corrected chi connectivity index (χ4v) is 4.54. The number of rotatable bonds is 7. The number of carbonyl (C=O) groups excluding carboxylic acids is 1. The van der Waals surface area contributed by atoms with Crippen molar-refractivity contribution >= 4 is 22.6 Å². The molecule has 0 saturated carbocycles. The van der Waals surface area contributed by atoms with Crippen LogP contribution in [0.2, 0.25) is 0 Å². The Bertz CT molecular complexity index is 1480. The highest BCUT2D eigenvalue weighted by atomic mass is 19.4. The molecule has 0 unspecified atom stereocenters. The van der Waals surface area contributed by atoms with E-state index < -0.39 is 17.6 Å². The molecule has 1 aliphatic rings. The molecule has 2 aromatic heterocycles. The SMILES string of the molecule is CCN1CCN(Cc2ccc(NC(=O)c3ccc(C)c(Oc4ncnc5[nH]ncc45)c3)cc2C(F)(F)F)CC1. The Morgan fingerprint density at radius 2 is 1.85 bits per heavy atom. The first-order valence-electron chi connectivity index (χ1n) is 12.6. The van der Waals surface area contributed by atoms with Gasteiger partial charge in [-0.1, -0.05) is 19.1 Å². The molecule has 0 radical (unpaired) electrons. The molecule has 1 fully saturated rings. The molecule has 1 saturated heterocycles. The van der Waals surface area contributed by atoms with E-state index in [0.717, 1.165) is 31.3 Å². The maximum atomic E-state index is 14.0. The summed E-state index contributed by atoms with van der Waals surface area (Å²) in [7, 11) is 0. The van der Waals surface area contributed by atoms with Crippen molar-refractivity contribution in [3.8, 4) is 11.6 Å². The number of H-pyrrole nitrogens is 1. The Kier molecular flexibility index (Phi) is 7.49. The van der Waals surface area contributed by atoms with E-state index in [9.17, 15) is 18.0 Å². The van der Waals surface area contributed by atoms with Gasteiger partial charge in [-0.2, -0.15) is 18.3 Å². The summed E-state index contributed by atoms with van der Waals surface area (Å²) < 4.78 is 47.9. The zero-order chi connectivity index (χ0) is 27.6. The predicted molar refractivity (Wildman–Crippen MR) is 140 cm³/mol. The minimum absolute atomic E-state index is 0.0610. The summed E-state index contributed by atoms with van der Waals surface area (Å²) in [6.45, 7) is 8.10. The first-order valence-corrected chi connectivity index (χ1v) is 12.6. The Hall–Kier alpha value is -4.03. The van der Waals surface area contributed by atoms with E-state index in [4.69, 9.17) is 4.74 Å². The number of amides is 1. The molecule has 1 aliphatic heterocycles. The lowest BCUT2D eigenvalue weighted by Gasteiger charge is -2.34. The predicted octanol–water partition coefficient (Wildman–Crippen LogP) is 4.86. The number of benzene rings is 2. The average molecular weight is 540 g/mol. The quantitative estimate of drug-likeness (QED) is 0.346. The van der Waals surface area contributed by atoms with Gasteiger partial charge in [-0.05, 0) is 48.9 Å². The van der Waals surface area contributed by atoms with Gasteiger partial charge in [-0.3, -0.25) is 14.8 Å². The second kappa shape index (κ2) is 11.0. The number of hydrogen-bond acceptors (Lipinski definition) is 7. The molecular formula is C27H28F3N7O2. The number of fused-ring (bicyclic) bond motifs is 1. The molecule has 2 N–H and O–H groups in total. The number of halogens is 3. The highest BCUT2D eigenvalue weighted by molar-refractivity contribution is 6.04. The first kappa shape index (κ1) is 26.6. The van der Waals surface area contributed by atoms with Crippen LogP contribution in [-0.2, 0) is 12.7 Å². The zero-order valence-electron chi connectivity index (χ0n) is 21.5. The third-order valence-corrected chi connectivity index (χ3v) is 6.85. The lowest BCUT2D eigenvalue weighted by molar-refractivity contribution is -0.138. The highest BCUT2D eigenvalue weighted by Gasteiger charge is 2.34. The fourth-order valence-electron chi connectivity index (χ4n) is 4.54. The van der Waals surface area contributed by atoms with E-state index in [1.807, 2.05) is 4.90 Å². The summed E-state index contributed by atoms with van der Waals surface area (Å²) in [5, 5.41) is 9.83. The largest absolute Gasteiger partial charge is 0.438 e. The van der Waals surface area contributed by atoms with Crippen LogP contribution in [0.25, 0.3) is 11.0 Å². The van der Waals surface area contributed by atoms with Crippen LogP contribution in [0.4, 0.5) is 18.9 Å². The number of ether oxygens (including phenoxy) is 1. The molecule has 1 amide bonds. The number of anilines is 1. The Morgan fingerprint density at radius 1 is 1.08 bits per heavy atom. The molecule has 3 heterocycles. The van der Waals surface area contributed by atoms with Gasteiger partial charge in [0.15, 0.2) is 5.65 Å². The van der Waals surface area contributed by atoms with Crippen molar-refractivity contribution < 1.29 is 22.7 Å². The number of likely N-dealkylation sites (N-methyl/N-ethyl adjacent to an activating group) is 1. The van der Waals surface area contributed by atoms with Crippen molar-refractivity contribution in [3.05, 3.63) is 71.2 Å². The molecule has 0 atom stereocenters. The van der Waals surface area contributed by atoms with Crippen LogP contribution >= 0.6 is 0 Å². The molecule has 5 rings (SSSR count). The lowest BCUT2D eigenvalue weighted by atomic mass is 10.0. The van der Waals surface area contributed by atoms with E-state index >= 15 is 0 Å². The second-order valence-corrected chi connectivity index (χ2v) is 9.43. The van der Waals surface area contributed by atoms with Gasteiger partial charge >= 0.3 is 6.18 Å². The second-order valence-electron chi connectivity index (χ2n) is 9.43. The van der Waals surface area contributed by atoms with Crippen molar-refractivity contribution in [3.63, 3.8) is 0 Å². The fraction of sp³-hybridized carbons (Fsp3) is 0.333. The van der Waals surface area contributed by atoms with Gasteiger partial charge in [-0.15, -0.1) is 0 Å².